The number of amides is 1. The predicted molar refractivity (Wildman–Crippen MR) is 120 cm³/mol. The van der Waals surface area contributed by atoms with Gasteiger partial charge in [-0.2, -0.15) is 5.26 Å². The van der Waals surface area contributed by atoms with Crippen LogP contribution in [0.4, 0.5) is 0 Å². The number of rotatable bonds is 8. The van der Waals surface area contributed by atoms with E-state index in [0.29, 0.717) is 35.9 Å². The molecule has 1 amide bonds. The number of carbonyl (C=O) groups is 1. The summed E-state index contributed by atoms with van der Waals surface area (Å²) in [6.07, 6.45) is 3.75. The fraction of sp³-hybridized carbons (Fsp3) is 0.261. The highest BCUT2D eigenvalue weighted by Gasteiger charge is 2.23. The summed E-state index contributed by atoms with van der Waals surface area (Å²) in [5.41, 5.74) is 11.9. The predicted octanol–water partition coefficient (Wildman–Crippen LogP) is 2.05. The molecule has 0 radical (unpaired) electrons. The van der Waals surface area contributed by atoms with Crippen molar-refractivity contribution in [1.29, 1.82) is 10.7 Å². The Morgan fingerprint density at radius 3 is 2.56 bits per heavy atom. The summed E-state index contributed by atoms with van der Waals surface area (Å²) < 4.78 is 11.0. The molecule has 9 heteroatoms. The molecule has 9 nitrogen and oxygen atoms in total. The van der Waals surface area contributed by atoms with Crippen molar-refractivity contribution in [2.24, 2.45) is 11.5 Å². The number of nitrogens with two attached hydrogens (primary N) is 2. The van der Waals surface area contributed by atoms with Crippen LogP contribution in [-0.4, -0.2) is 42.8 Å². The van der Waals surface area contributed by atoms with Crippen LogP contribution in [0.25, 0.3) is 0 Å². The zero-order valence-electron chi connectivity index (χ0n) is 17.8. The molecule has 2 aromatic carbocycles. The molecule has 3 rings (SSSR count). The van der Waals surface area contributed by atoms with E-state index < -0.39 is 5.91 Å². The molecule has 0 aliphatic carbocycles. The number of ether oxygens (including phenoxy) is 2. The van der Waals surface area contributed by atoms with E-state index in [1.807, 2.05) is 12.1 Å². The molecule has 166 valence electrons. The van der Waals surface area contributed by atoms with Gasteiger partial charge in [0.05, 0.1) is 12.8 Å². The zero-order chi connectivity index (χ0) is 23.1. The highest BCUT2D eigenvalue weighted by Crippen LogP contribution is 2.26. The van der Waals surface area contributed by atoms with E-state index in [0.717, 1.165) is 12.8 Å². The van der Waals surface area contributed by atoms with E-state index in [2.05, 4.69) is 11.5 Å². The minimum absolute atomic E-state index is 0.0315. The Labute approximate surface area is 186 Å². The number of carbonyl (C=O) groups excluding carboxylic acids is 1. The van der Waals surface area contributed by atoms with Crippen molar-refractivity contribution in [2.45, 2.75) is 18.9 Å². The minimum Gasteiger partial charge on any atom is -0.497 e. The summed E-state index contributed by atoms with van der Waals surface area (Å²) in [4.78, 5) is 13.7. The molecule has 1 atom stereocenters. The van der Waals surface area contributed by atoms with Gasteiger partial charge < -0.3 is 31.2 Å². The number of likely N-dealkylation sites (tertiary alicyclic amines) is 1. The molecule has 0 spiro atoms. The minimum atomic E-state index is -0.801. The van der Waals surface area contributed by atoms with E-state index in [4.69, 9.17) is 31.6 Å². The summed E-state index contributed by atoms with van der Waals surface area (Å²) in [7, 11) is 1.58. The van der Waals surface area contributed by atoms with Gasteiger partial charge in [0.2, 0.25) is 0 Å². The molecule has 0 bridgehead atoms. The number of primary amides is 1. The van der Waals surface area contributed by atoms with Crippen LogP contribution in [0, 0.1) is 16.9 Å². The average Bonchev–Trinajstić information content (AvgIpc) is 2.79. The number of methoxy groups -OCH3 is 1. The summed E-state index contributed by atoms with van der Waals surface area (Å²) >= 11 is 0. The Bertz CT molecular complexity index is 1060. The van der Waals surface area contributed by atoms with Gasteiger partial charge in [-0.1, -0.05) is 6.07 Å². The SMILES string of the molecule is COc1cccc(Oc2ccc(C(=N)/C(C(N)=O)=C(/N)NC3CCCN(C#N)C3)cc2)c1. The van der Waals surface area contributed by atoms with Gasteiger partial charge >= 0.3 is 0 Å². The number of nitrogens with zero attached hydrogens (tertiary/aromatic N) is 2. The molecule has 1 aliphatic heterocycles. The quantitative estimate of drug-likeness (QED) is 0.282. The van der Waals surface area contributed by atoms with Gasteiger partial charge in [0, 0.05) is 30.8 Å². The first kappa shape index (κ1) is 22.5. The van der Waals surface area contributed by atoms with Gasteiger partial charge in [-0.3, -0.25) is 10.2 Å². The lowest BCUT2D eigenvalue weighted by Crippen LogP contribution is -2.46. The Hall–Kier alpha value is -4.19. The van der Waals surface area contributed by atoms with Crippen LogP contribution in [0.3, 0.4) is 0 Å². The average molecular weight is 435 g/mol. The van der Waals surface area contributed by atoms with Crippen LogP contribution in [0.1, 0.15) is 18.4 Å². The maximum absolute atomic E-state index is 12.1. The van der Waals surface area contributed by atoms with Gasteiger partial charge in [0.15, 0.2) is 6.19 Å². The number of nitriles is 1. The molecule has 1 heterocycles. The van der Waals surface area contributed by atoms with Gasteiger partial charge in [-0.15, -0.1) is 0 Å². The second kappa shape index (κ2) is 10.2. The first-order chi connectivity index (χ1) is 15.4. The van der Waals surface area contributed by atoms with E-state index in [1.165, 1.54) is 0 Å². The first-order valence-electron chi connectivity index (χ1n) is 10.1. The number of hydrogen-bond donors (Lipinski definition) is 4. The third-order valence-corrected chi connectivity index (χ3v) is 5.11. The fourth-order valence-corrected chi connectivity index (χ4v) is 3.50. The third kappa shape index (κ3) is 5.49. The Kier molecular flexibility index (Phi) is 7.18. The van der Waals surface area contributed by atoms with Gasteiger partial charge in [0.1, 0.15) is 28.6 Å². The maximum atomic E-state index is 12.1. The molecule has 2 aromatic rings. The van der Waals surface area contributed by atoms with Crippen molar-refractivity contribution in [3.8, 4) is 23.4 Å². The van der Waals surface area contributed by atoms with E-state index >= 15 is 0 Å². The molecule has 1 unspecified atom stereocenters. The van der Waals surface area contributed by atoms with Crippen molar-refractivity contribution < 1.29 is 14.3 Å². The molecular weight excluding hydrogens is 408 g/mol. The van der Waals surface area contributed by atoms with Crippen molar-refractivity contribution in [3.63, 3.8) is 0 Å². The van der Waals surface area contributed by atoms with Gasteiger partial charge in [-0.25, -0.2) is 0 Å². The zero-order valence-corrected chi connectivity index (χ0v) is 17.8. The molecule has 1 saturated heterocycles. The summed E-state index contributed by atoms with van der Waals surface area (Å²) in [6.45, 7) is 1.17. The van der Waals surface area contributed by atoms with Crippen LogP contribution in [0.15, 0.2) is 59.9 Å². The van der Waals surface area contributed by atoms with E-state index in [1.54, 1.807) is 48.4 Å². The third-order valence-electron chi connectivity index (χ3n) is 5.11. The summed E-state index contributed by atoms with van der Waals surface area (Å²) in [5.74, 6) is 1.08. The Morgan fingerprint density at radius 1 is 1.19 bits per heavy atom. The highest BCUT2D eigenvalue weighted by molar-refractivity contribution is 6.26. The first-order valence-corrected chi connectivity index (χ1v) is 10.1. The molecule has 0 saturated carbocycles. The number of benzene rings is 2. The van der Waals surface area contributed by atoms with Crippen LogP contribution in [0.5, 0.6) is 17.2 Å². The lowest BCUT2D eigenvalue weighted by atomic mass is 10.0. The number of nitrogens with one attached hydrogen (secondary N) is 2. The lowest BCUT2D eigenvalue weighted by Gasteiger charge is -2.30. The molecule has 1 aliphatic rings. The lowest BCUT2D eigenvalue weighted by molar-refractivity contribution is -0.114. The Balaban J connectivity index is 1.75. The topological polar surface area (TPSA) is 150 Å². The molecule has 32 heavy (non-hydrogen) atoms. The maximum Gasteiger partial charge on any atom is 0.254 e. The molecule has 6 N–H and O–H groups in total. The van der Waals surface area contributed by atoms with Crippen molar-refractivity contribution in [3.05, 3.63) is 65.5 Å². The normalized spacial score (nSPS) is 16.4. The standard InChI is InChI=1S/C23H26N6O3/c1-31-18-5-2-6-19(12-18)32-17-9-7-15(8-10-17)21(25)20(23(27)30)22(26)28-16-4-3-11-29(13-16)14-24/h2,5-10,12,16,25,28H,3-4,11,13,26H2,1H3,(H2,27,30)/b22-20+,25-21?. The van der Waals surface area contributed by atoms with Crippen molar-refractivity contribution in [2.75, 3.05) is 20.2 Å². The van der Waals surface area contributed by atoms with E-state index in [-0.39, 0.29) is 23.1 Å². The fourth-order valence-electron chi connectivity index (χ4n) is 3.50. The number of hydrogen-bond acceptors (Lipinski definition) is 8. The van der Waals surface area contributed by atoms with Crippen LogP contribution < -0.4 is 26.3 Å². The van der Waals surface area contributed by atoms with Crippen molar-refractivity contribution in [1.82, 2.24) is 10.2 Å². The molecule has 0 aromatic heterocycles. The van der Waals surface area contributed by atoms with Gasteiger partial charge in [0.25, 0.3) is 5.91 Å². The van der Waals surface area contributed by atoms with Crippen LogP contribution in [0.2, 0.25) is 0 Å². The number of piperidine rings is 1. The van der Waals surface area contributed by atoms with Crippen LogP contribution >= 0.6 is 0 Å². The summed E-state index contributed by atoms with van der Waals surface area (Å²) in [6, 6.07) is 13.8. The van der Waals surface area contributed by atoms with E-state index in [9.17, 15) is 4.79 Å². The highest BCUT2D eigenvalue weighted by atomic mass is 16.5. The molecular formula is C23H26N6O3. The van der Waals surface area contributed by atoms with Gasteiger partial charge in [-0.05, 0) is 49.2 Å². The smallest absolute Gasteiger partial charge is 0.254 e. The second-order valence-corrected chi connectivity index (χ2v) is 7.36. The monoisotopic (exact) mass is 434 g/mol. The molecule has 1 fully saturated rings. The second-order valence-electron chi connectivity index (χ2n) is 7.36. The largest absolute Gasteiger partial charge is 0.497 e. The van der Waals surface area contributed by atoms with Crippen molar-refractivity contribution >= 4 is 11.6 Å². The summed E-state index contributed by atoms with van der Waals surface area (Å²) in [5, 5.41) is 20.6. The Morgan fingerprint density at radius 2 is 1.91 bits per heavy atom. The van der Waals surface area contributed by atoms with Crippen LogP contribution in [-0.2, 0) is 4.79 Å².